The minimum atomic E-state index is -3.60. The predicted molar refractivity (Wildman–Crippen MR) is 63.8 cm³/mol. The number of halogens is 2. The van der Waals surface area contributed by atoms with Gasteiger partial charge in [0.05, 0.1) is 6.26 Å². The maximum atomic E-state index is 13.5. The first-order valence-electron chi connectivity index (χ1n) is 4.94. The molecule has 0 aliphatic heterocycles. The molecule has 0 amide bonds. The van der Waals surface area contributed by atoms with E-state index in [1.807, 2.05) is 0 Å². The molecule has 0 N–H and O–H groups in total. The van der Waals surface area contributed by atoms with Crippen LogP contribution in [-0.4, -0.2) is 34.9 Å². The summed E-state index contributed by atoms with van der Waals surface area (Å²) in [5, 5.41) is 11.2. The average Bonchev–Trinajstić information content (AvgIpc) is 2.77. The van der Waals surface area contributed by atoms with Crippen molar-refractivity contribution in [1.29, 1.82) is 0 Å². The SMILES string of the molecule is CS(=O)(=O)OCc1nnn(-c2cc(Cl)ccc2F)n1. The zero-order valence-electron chi connectivity index (χ0n) is 9.62. The van der Waals surface area contributed by atoms with Crippen molar-refractivity contribution in [2.24, 2.45) is 0 Å². The number of aromatic nitrogens is 4. The summed E-state index contributed by atoms with van der Waals surface area (Å²) in [6.45, 7) is -0.374. The molecular formula is C9H8ClFN4O3S. The van der Waals surface area contributed by atoms with E-state index in [0.717, 1.165) is 17.1 Å². The summed E-state index contributed by atoms with van der Waals surface area (Å²) < 4.78 is 39.6. The zero-order chi connectivity index (χ0) is 14.0. The predicted octanol–water partition coefficient (Wildman–Crippen LogP) is 0.931. The van der Waals surface area contributed by atoms with Gasteiger partial charge in [0, 0.05) is 5.02 Å². The Bertz CT molecular complexity index is 703. The van der Waals surface area contributed by atoms with Crippen LogP contribution in [0.25, 0.3) is 5.69 Å². The Balaban J connectivity index is 2.23. The van der Waals surface area contributed by atoms with Gasteiger partial charge in [0.25, 0.3) is 10.1 Å². The van der Waals surface area contributed by atoms with Crippen molar-refractivity contribution < 1.29 is 17.0 Å². The van der Waals surface area contributed by atoms with Gasteiger partial charge in [-0.05, 0) is 23.4 Å². The van der Waals surface area contributed by atoms with Crippen LogP contribution < -0.4 is 0 Å². The Morgan fingerprint density at radius 3 is 2.89 bits per heavy atom. The zero-order valence-corrected chi connectivity index (χ0v) is 11.2. The van der Waals surface area contributed by atoms with Gasteiger partial charge in [-0.3, -0.25) is 4.18 Å². The largest absolute Gasteiger partial charge is 0.264 e. The molecule has 0 spiro atoms. The molecule has 19 heavy (non-hydrogen) atoms. The van der Waals surface area contributed by atoms with Gasteiger partial charge >= 0.3 is 0 Å². The highest BCUT2D eigenvalue weighted by atomic mass is 35.5. The Hall–Kier alpha value is -1.58. The van der Waals surface area contributed by atoms with Gasteiger partial charge in [0.1, 0.15) is 12.3 Å². The smallest absolute Gasteiger partial charge is 0.262 e. The highest BCUT2D eigenvalue weighted by Crippen LogP contribution is 2.17. The summed E-state index contributed by atoms with van der Waals surface area (Å²) in [5.41, 5.74) is 0.00519. The van der Waals surface area contributed by atoms with Crippen LogP contribution in [0.4, 0.5) is 4.39 Å². The van der Waals surface area contributed by atoms with Gasteiger partial charge in [0.15, 0.2) is 5.82 Å². The summed E-state index contributed by atoms with van der Waals surface area (Å²) >= 11 is 5.73. The molecule has 2 aromatic rings. The molecule has 7 nitrogen and oxygen atoms in total. The van der Waals surface area contributed by atoms with E-state index in [-0.39, 0.29) is 18.1 Å². The fraction of sp³-hybridized carbons (Fsp3) is 0.222. The van der Waals surface area contributed by atoms with Gasteiger partial charge in [0.2, 0.25) is 5.82 Å². The molecule has 10 heteroatoms. The molecule has 1 aromatic heterocycles. The van der Waals surface area contributed by atoms with Gasteiger partial charge in [-0.1, -0.05) is 11.6 Å². The van der Waals surface area contributed by atoms with Gasteiger partial charge in [-0.25, -0.2) is 4.39 Å². The normalized spacial score (nSPS) is 11.7. The van der Waals surface area contributed by atoms with Crippen LogP contribution >= 0.6 is 11.6 Å². The quantitative estimate of drug-likeness (QED) is 0.781. The number of benzene rings is 1. The molecule has 102 valence electrons. The minimum absolute atomic E-state index is 0.00444. The summed E-state index contributed by atoms with van der Waals surface area (Å²) in [5.74, 6) is -0.581. The lowest BCUT2D eigenvalue weighted by molar-refractivity contribution is 0.302. The Kier molecular flexibility index (Phi) is 3.78. The molecule has 0 atom stereocenters. The van der Waals surface area contributed by atoms with E-state index in [4.69, 9.17) is 11.6 Å². The van der Waals surface area contributed by atoms with Crippen molar-refractivity contribution in [2.75, 3.05) is 6.26 Å². The van der Waals surface area contributed by atoms with Gasteiger partial charge in [-0.2, -0.15) is 8.42 Å². The van der Waals surface area contributed by atoms with Crippen LogP contribution in [0.5, 0.6) is 0 Å². The van der Waals surface area contributed by atoms with Crippen LogP contribution in [0.2, 0.25) is 5.02 Å². The maximum absolute atomic E-state index is 13.5. The molecule has 0 bridgehead atoms. The molecule has 0 radical (unpaired) electrons. The molecule has 0 aliphatic carbocycles. The third-order valence-electron chi connectivity index (χ3n) is 1.98. The number of tetrazole rings is 1. The van der Waals surface area contributed by atoms with Crippen LogP contribution in [-0.2, 0) is 20.9 Å². The van der Waals surface area contributed by atoms with E-state index in [1.165, 1.54) is 12.1 Å². The Labute approximate surface area is 113 Å². The lowest BCUT2D eigenvalue weighted by Crippen LogP contribution is -2.05. The van der Waals surface area contributed by atoms with Crippen LogP contribution in [0.3, 0.4) is 0 Å². The molecule has 0 aliphatic rings. The summed E-state index contributed by atoms with van der Waals surface area (Å²) in [4.78, 5) is 0.905. The maximum Gasteiger partial charge on any atom is 0.264 e. The lowest BCUT2D eigenvalue weighted by atomic mass is 10.3. The average molecular weight is 307 g/mol. The minimum Gasteiger partial charge on any atom is -0.262 e. The second-order valence-electron chi connectivity index (χ2n) is 3.56. The fourth-order valence-corrected chi connectivity index (χ4v) is 1.69. The monoisotopic (exact) mass is 306 g/mol. The lowest BCUT2D eigenvalue weighted by Gasteiger charge is -2.00. The summed E-state index contributed by atoms with van der Waals surface area (Å²) in [7, 11) is -3.60. The van der Waals surface area contributed by atoms with E-state index in [9.17, 15) is 12.8 Å². The number of rotatable bonds is 4. The molecule has 0 saturated carbocycles. The van der Waals surface area contributed by atoms with Crippen molar-refractivity contribution >= 4 is 21.7 Å². The van der Waals surface area contributed by atoms with Crippen molar-refractivity contribution in [3.05, 3.63) is 34.9 Å². The highest BCUT2D eigenvalue weighted by Gasteiger charge is 2.12. The topological polar surface area (TPSA) is 87.0 Å². The first kappa shape index (κ1) is 13.8. The second-order valence-corrected chi connectivity index (χ2v) is 5.64. The number of hydrogen-bond acceptors (Lipinski definition) is 6. The number of nitrogens with zero attached hydrogens (tertiary/aromatic N) is 4. The molecule has 0 fully saturated rings. The van der Waals surface area contributed by atoms with Gasteiger partial charge < -0.3 is 0 Å². The third-order valence-corrected chi connectivity index (χ3v) is 2.76. The molecule has 1 heterocycles. The molecule has 0 saturated heterocycles. The molecule has 2 rings (SSSR count). The standard InChI is InChI=1S/C9H8ClFN4O3S/c1-19(16,17)18-5-9-12-14-15(13-9)8-4-6(10)2-3-7(8)11/h2-4H,5H2,1H3. The van der Waals surface area contributed by atoms with Crippen molar-refractivity contribution in [1.82, 2.24) is 20.2 Å². The van der Waals surface area contributed by atoms with Crippen molar-refractivity contribution in [3.8, 4) is 5.69 Å². The second kappa shape index (κ2) is 5.19. The third kappa shape index (κ3) is 3.69. The number of hydrogen-bond donors (Lipinski definition) is 0. The van der Waals surface area contributed by atoms with Crippen molar-refractivity contribution in [3.63, 3.8) is 0 Å². The fourth-order valence-electron chi connectivity index (χ4n) is 1.20. The Morgan fingerprint density at radius 1 is 1.47 bits per heavy atom. The molecule has 0 unspecified atom stereocenters. The van der Waals surface area contributed by atoms with E-state index in [0.29, 0.717) is 5.02 Å². The van der Waals surface area contributed by atoms with E-state index in [2.05, 4.69) is 19.6 Å². The molecular weight excluding hydrogens is 299 g/mol. The summed E-state index contributed by atoms with van der Waals surface area (Å²) in [6, 6.07) is 3.86. The van der Waals surface area contributed by atoms with Crippen LogP contribution in [0.15, 0.2) is 18.2 Å². The van der Waals surface area contributed by atoms with E-state index < -0.39 is 15.9 Å². The van der Waals surface area contributed by atoms with Crippen LogP contribution in [0, 0.1) is 5.82 Å². The van der Waals surface area contributed by atoms with Crippen molar-refractivity contribution in [2.45, 2.75) is 6.61 Å². The van der Waals surface area contributed by atoms with Gasteiger partial charge in [-0.15, -0.1) is 15.0 Å². The Morgan fingerprint density at radius 2 is 2.21 bits per heavy atom. The summed E-state index contributed by atoms with van der Waals surface area (Å²) in [6.07, 6.45) is 0.897. The van der Waals surface area contributed by atoms with E-state index >= 15 is 0 Å². The first-order valence-corrected chi connectivity index (χ1v) is 7.13. The highest BCUT2D eigenvalue weighted by molar-refractivity contribution is 7.85. The first-order chi connectivity index (χ1) is 8.85. The molecule has 1 aromatic carbocycles. The van der Waals surface area contributed by atoms with E-state index in [1.54, 1.807) is 0 Å². The van der Waals surface area contributed by atoms with Crippen LogP contribution in [0.1, 0.15) is 5.82 Å².